The van der Waals surface area contributed by atoms with E-state index in [9.17, 15) is 14.0 Å². The molecule has 1 heterocycles. The van der Waals surface area contributed by atoms with Crippen molar-refractivity contribution in [2.75, 3.05) is 18.9 Å². The number of benzene rings is 2. The lowest BCUT2D eigenvalue weighted by Crippen LogP contribution is -2.35. The number of carbonyl (C=O) groups is 2. The molecule has 0 saturated carbocycles. The number of halogens is 1. The Morgan fingerprint density at radius 2 is 1.83 bits per heavy atom. The van der Waals surface area contributed by atoms with E-state index in [0.717, 1.165) is 17.7 Å². The van der Waals surface area contributed by atoms with Crippen LogP contribution < -0.4 is 5.32 Å². The van der Waals surface area contributed by atoms with Gasteiger partial charge in [0.25, 0.3) is 5.91 Å². The number of hydrogen-bond donors (Lipinski definition) is 1. The van der Waals surface area contributed by atoms with Gasteiger partial charge < -0.3 is 10.2 Å². The third-order valence-corrected chi connectivity index (χ3v) is 4.71. The first-order valence-corrected chi connectivity index (χ1v) is 9.34. The normalized spacial score (nSPS) is 10.6. The van der Waals surface area contributed by atoms with Gasteiger partial charge in [0.2, 0.25) is 5.91 Å². The summed E-state index contributed by atoms with van der Waals surface area (Å²) in [5, 5.41) is 7.10. The molecular formula is C22H23FN4O2. The quantitative estimate of drug-likeness (QED) is 0.695. The van der Waals surface area contributed by atoms with Crippen molar-refractivity contribution in [2.45, 2.75) is 20.3 Å². The predicted molar refractivity (Wildman–Crippen MR) is 110 cm³/mol. The molecule has 0 atom stereocenters. The second kappa shape index (κ2) is 8.68. The monoisotopic (exact) mass is 394 g/mol. The summed E-state index contributed by atoms with van der Waals surface area (Å²) in [6, 6.07) is 13.4. The van der Waals surface area contributed by atoms with E-state index in [0.29, 0.717) is 16.9 Å². The number of nitrogens with one attached hydrogen (secondary N) is 1. The third kappa shape index (κ3) is 4.51. The molecule has 2 aromatic carbocycles. The summed E-state index contributed by atoms with van der Waals surface area (Å²) >= 11 is 0. The van der Waals surface area contributed by atoms with Gasteiger partial charge >= 0.3 is 0 Å². The summed E-state index contributed by atoms with van der Waals surface area (Å²) in [6.45, 7) is 3.69. The van der Waals surface area contributed by atoms with Gasteiger partial charge in [-0.05, 0) is 49.2 Å². The molecule has 7 heteroatoms. The Morgan fingerprint density at radius 1 is 1.14 bits per heavy atom. The molecule has 1 aromatic heterocycles. The maximum atomic E-state index is 13.1. The summed E-state index contributed by atoms with van der Waals surface area (Å²) in [7, 11) is 1.57. The van der Waals surface area contributed by atoms with Gasteiger partial charge in [0, 0.05) is 12.7 Å². The minimum absolute atomic E-state index is 0.0853. The van der Waals surface area contributed by atoms with Gasteiger partial charge in [0.15, 0.2) is 0 Å². The number of aryl methyl sites for hydroxylation is 1. The first-order valence-electron chi connectivity index (χ1n) is 9.34. The van der Waals surface area contributed by atoms with Gasteiger partial charge in [-0.2, -0.15) is 5.10 Å². The highest BCUT2D eigenvalue weighted by molar-refractivity contribution is 6.00. The van der Waals surface area contributed by atoms with Crippen LogP contribution in [0.5, 0.6) is 0 Å². The molecule has 2 amide bonds. The van der Waals surface area contributed by atoms with Crippen molar-refractivity contribution in [3.8, 4) is 5.69 Å². The van der Waals surface area contributed by atoms with Crippen LogP contribution in [0.3, 0.4) is 0 Å². The van der Waals surface area contributed by atoms with E-state index in [1.807, 2.05) is 31.2 Å². The molecule has 0 unspecified atom stereocenters. The van der Waals surface area contributed by atoms with Gasteiger partial charge in [-0.1, -0.05) is 25.1 Å². The van der Waals surface area contributed by atoms with Gasteiger partial charge in [0.05, 0.1) is 29.7 Å². The molecule has 1 N–H and O–H groups in total. The summed E-state index contributed by atoms with van der Waals surface area (Å²) in [5.41, 5.74) is 3.44. The maximum absolute atomic E-state index is 13.1. The van der Waals surface area contributed by atoms with Crippen molar-refractivity contribution >= 4 is 17.5 Å². The fourth-order valence-electron chi connectivity index (χ4n) is 3.10. The molecule has 0 radical (unpaired) electrons. The van der Waals surface area contributed by atoms with Crippen molar-refractivity contribution in [1.82, 2.24) is 14.7 Å². The Hall–Kier alpha value is -3.48. The molecule has 0 aliphatic rings. The van der Waals surface area contributed by atoms with Crippen LogP contribution >= 0.6 is 0 Å². The molecule has 0 bridgehead atoms. The number of anilines is 1. The van der Waals surface area contributed by atoms with E-state index in [1.165, 1.54) is 23.2 Å². The summed E-state index contributed by atoms with van der Waals surface area (Å²) in [6.07, 6.45) is 2.26. The van der Waals surface area contributed by atoms with Gasteiger partial charge in [-0.25, -0.2) is 9.07 Å². The molecule has 0 fully saturated rings. The average Bonchev–Trinajstić information content (AvgIpc) is 3.09. The van der Waals surface area contributed by atoms with Crippen molar-refractivity contribution in [3.63, 3.8) is 0 Å². The highest BCUT2D eigenvalue weighted by Crippen LogP contribution is 2.17. The molecule has 0 saturated heterocycles. The zero-order valence-electron chi connectivity index (χ0n) is 16.6. The fraction of sp³-hybridized carbons (Fsp3) is 0.227. The Kier molecular flexibility index (Phi) is 6.07. The van der Waals surface area contributed by atoms with Crippen molar-refractivity contribution < 1.29 is 14.0 Å². The summed E-state index contributed by atoms with van der Waals surface area (Å²) < 4.78 is 14.7. The van der Waals surface area contributed by atoms with Gasteiger partial charge in [-0.3, -0.25) is 9.59 Å². The lowest BCUT2D eigenvalue weighted by Gasteiger charge is -2.17. The van der Waals surface area contributed by atoms with E-state index in [4.69, 9.17) is 0 Å². The molecule has 0 spiro atoms. The minimum atomic E-state index is -0.342. The van der Waals surface area contributed by atoms with Crippen LogP contribution in [0.15, 0.2) is 54.7 Å². The predicted octanol–water partition coefficient (Wildman–Crippen LogP) is 3.59. The highest BCUT2D eigenvalue weighted by atomic mass is 19.1. The van der Waals surface area contributed by atoms with E-state index in [-0.39, 0.29) is 24.2 Å². The number of amides is 2. The van der Waals surface area contributed by atoms with Crippen LogP contribution in [0.2, 0.25) is 0 Å². The molecule has 6 nitrogen and oxygen atoms in total. The van der Waals surface area contributed by atoms with Crippen LogP contribution in [0.4, 0.5) is 10.1 Å². The van der Waals surface area contributed by atoms with Crippen LogP contribution in [-0.2, 0) is 11.2 Å². The number of carbonyl (C=O) groups excluding carboxylic acids is 2. The first-order chi connectivity index (χ1) is 13.9. The van der Waals surface area contributed by atoms with Crippen LogP contribution in [0.25, 0.3) is 5.69 Å². The summed E-state index contributed by atoms with van der Waals surface area (Å²) in [4.78, 5) is 26.6. The molecular weight excluding hydrogens is 371 g/mol. The number of hydrogen-bond acceptors (Lipinski definition) is 3. The van der Waals surface area contributed by atoms with E-state index in [2.05, 4.69) is 10.4 Å². The largest absolute Gasteiger partial charge is 0.332 e. The van der Waals surface area contributed by atoms with Gasteiger partial charge in [0.1, 0.15) is 5.82 Å². The van der Waals surface area contributed by atoms with Crippen LogP contribution in [-0.4, -0.2) is 40.1 Å². The second-order valence-electron chi connectivity index (χ2n) is 6.75. The number of likely N-dealkylation sites (N-methyl/N-ethyl adjacent to an activating group) is 1. The van der Waals surface area contributed by atoms with Crippen LogP contribution in [0.1, 0.15) is 28.5 Å². The fourth-order valence-corrected chi connectivity index (χ4v) is 3.10. The number of aromatic nitrogens is 2. The molecule has 150 valence electrons. The highest BCUT2D eigenvalue weighted by Gasteiger charge is 2.20. The van der Waals surface area contributed by atoms with E-state index in [1.54, 1.807) is 30.8 Å². The SMILES string of the molecule is CCc1ccccc1NC(=O)CN(C)C(=O)c1cnn(-c2ccc(F)cc2)c1C. The molecule has 3 aromatic rings. The standard InChI is InChI=1S/C22H23FN4O2/c1-4-16-7-5-6-8-20(16)25-21(28)14-26(3)22(29)19-13-24-27(15(19)2)18-11-9-17(23)10-12-18/h5-13H,4,14H2,1-3H3,(H,25,28). The number of para-hydroxylation sites is 1. The average molecular weight is 394 g/mol. The lowest BCUT2D eigenvalue weighted by atomic mass is 10.1. The van der Waals surface area contributed by atoms with Crippen LogP contribution in [0, 0.1) is 12.7 Å². The molecule has 0 aliphatic heterocycles. The lowest BCUT2D eigenvalue weighted by molar-refractivity contribution is -0.116. The molecule has 3 rings (SSSR count). The van der Waals surface area contributed by atoms with E-state index >= 15 is 0 Å². The Bertz CT molecular complexity index is 1030. The smallest absolute Gasteiger partial charge is 0.257 e. The van der Waals surface area contributed by atoms with Crippen molar-refractivity contribution in [2.24, 2.45) is 0 Å². The zero-order valence-corrected chi connectivity index (χ0v) is 16.6. The minimum Gasteiger partial charge on any atom is -0.332 e. The van der Waals surface area contributed by atoms with E-state index < -0.39 is 0 Å². The first kappa shape index (κ1) is 20.3. The number of rotatable bonds is 6. The van der Waals surface area contributed by atoms with Gasteiger partial charge in [-0.15, -0.1) is 0 Å². The maximum Gasteiger partial charge on any atom is 0.257 e. The molecule has 0 aliphatic carbocycles. The molecule has 29 heavy (non-hydrogen) atoms. The second-order valence-corrected chi connectivity index (χ2v) is 6.75. The Balaban J connectivity index is 1.70. The zero-order chi connectivity index (χ0) is 21.0. The summed E-state index contributed by atoms with van der Waals surface area (Å²) in [5.74, 6) is -0.926. The Labute approximate surface area is 169 Å². The van der Waals surface area contributed by atoms with Crippen molar-refractivity contribution in [3.05, 3.63) is 77.4 Å². The Morgan fingerprint density at radius 3 is 2.52 bits per heavy atom. The third-order valence-electron chi connectivity index (χ3n) is 4.71. The number of nitrogens with zero attached hydrogens (tertiary/aromatic N) is 3. The topological polar surface area (TPSA) is 67.2 Å². The van der Waals surface area contributed by atoms with Crippen molar-refractivity contribution in [1.29, 1.82) is 0 Å².